The van der Waals surface area contributed by atoms with E-state index >= 15 is 0 Å². The van der Waals surface area contributed by atoms with Crippen LogP contribution in [0.1, 0.15) is 31.0 Å². The van der Waals surface area contributed by atoms with Crippen molar-refractivity contribution in [3.63, 3.8) is 0 Å². The molecule has 0 fully saturated rings. The second-order valence-electron chi connectivity index (χ2n) is 4.71. The van der Waals surface area contributed by atoms with Gasteiger partial charge in [0.2, 0.25) is 5.91 Å². The third kappa shape index (κ3) is 7.56. The molecule has 1 rings (SSSR count). The predicted octanol–water partition coefficient (Wildman–Crippen LogP) is 1.87. The number of nitrogens with zero attached hydrogens (tertiary/aromatic N) is 1. The van der Waals surface area contributed by atoms with Crippen LogP contribution in [-0.4, -0.2) is 41.4 Å². The van der Waals surface area contributed by atoms with Crippen molar-refractivity contribution < 1.29 is 18.3 Å². The van der Waals surface area contributed by atoms with E-state index < -0.39 is 11.3 Å². The first-order valence-electron chi connectivity index (χ1n) is 7.33. The van der Waals surface area contributed by atoms with Crippen LogP contribution in [0.4, 0.5) is 8.78 Å². The van der Waals surface area contributed by atoms with Crippen LogP contribution in [0.15, 0.2) is 9.95 Å². The average Bonchev–Trinajstić information content (AvgIpc) is 2.45. The summed E-state index contributed by atoms with van der Waals surface area (Å²) < 4.78 is 29.7. The van der Waals surface area contributed by atoms with Crippen LogP contribution < -0.4 is 10.9 Å². The molecule has 9 heteroatoms. The van der Waals surface area contributed by atoms with Gasteiger partial charge in [0, 0.05) is 37.4 Å². The van der Waals surface area contributed by atoms with E-state index in [0.29, 0.717) is 31.0 Å². The van der Waals surface area contributed by atoms with Gasteiger partial charge in [-0.1, -0.05) is 0 Å². The fraction of sp³-hybridized carbons (Fsp3) is 0.643. The lowest BCUT2D eigenvalue weighted by molar-refractivity contribution is -0.121. The van der Waals surface area contributed by atoms with Gasteiger partial charge in [0.1, 0.15) is 0 Å². The molecular weight excluding hydrogens is 328 g/mol. The van der Waals surface area contributed by atoms with E-state index in [1.807, 2.05) is 6.92 Å². The van der Waals surface area contributed by atoms with Crippen molar-refractivity contribution in [2.24, 2.45) is 0 Å². The highest BCUT2D eigenvalue weighted by atomic mass is 32.2. The summed E-state index contributed by atoms with van der Waals surface area (Å²) in [6, 6.07) is 0. The van der Waals surface area contributed by atoms with E-state index in [1.165, 1.54) is 0 Å². The number of halogens is 2. The van der Waals surface area contributed by atoms with Crippen LogP contribution in [0.3, 0.4) is 0 Å². The fourth-order valence-corrected chi connectivity index (χ4v) is 2.40. The van der Waals surface area contributed by atoms with E-state index in [2.05, 4.69) is 15.3 Å². The molecule has 130 valence electrons. The van der Waals surface area contributed by atoms with E-state index in [1.54, 1.807) is 6.92 Å². The molecule has 0 radical (unpaired) electrons. The summed E-state index contributed by atoms with van der Waals surface area (Å²) in [6.07, 6.45) is 1.08. The Kier molecular flexibility index (Phi) is 8.78. The van der Waals surface area contributed by atoms with Gasteiger partial charge in [-0.05, 0) is 38.5 Å². The molecule has 0 saturated carbocycles. The minimum Gasteiger partial charge on any atom is -0.382 e. The number of H-pyrrole nitrogens is 1. The molecule has 2 N–H and O–H groups in total. The number of carbonyl (C=O) groups is 1. The lowest BCUT2D eigenvalue weighted by atomic mass is 10.1. The van der Waals surface area contributed by atoms with Crippen LogP contribution >= 0.6 is 11.8 Å². The summed E-state index contributed by atoms with van der Waals surface area (Å²) in [5.74, 6) is -2.82. The zero-order valence-corrected chi connectivity index (χ0v) is 14.0. The first-order chi connectivity index (χ1) is 10.9. The van der Waals surface area contributed by atoms with E-state index in [4.69, 9.17) is 4.74 Å². The highest BCUT2D eigenvalue weighted by Gasteiger charge is 2.13. The van der Waals surface area contributed by atoms with Gasteiger partial charge < -0.3 is 15.0 Å². The maximum Gasteiger partial charge on any atom is 0.291 e. The highest BCUT2D eigenvalue weighted by Crippen LogP contribution is 2.20. The molecule has 1 aromatic heterocycles. The first-order valence-corrected chi connectivity index (χ1v) is 8.21. The third-order valence-electron chi connectivity index (χ3n) is 3.00. The van der Waals surface area contributed by atoms with Crippen molar-refractivity contribution >= 4 is 17.7 Å². The number of hydrogen-bond donors (Lipinski definition) is 2. The molecule has 6 nitrogen and oxygen atoms in total. The highest BCUT2D eigenvalue weighted by molar-refractivity contribution is 7.99. The summed E-state index contributed by atoms with van der Waals surface area (Å²) in [7, 11) is 0. The van der Waals surface area contributed by atoms with E-state index in [-0.39, 0.29) is 35.7 Å². The maximum absolute atomic E-state index is 12.3. The summed E-state index contributed by atoms with van der Waals surface area (Å²) in [4.78, 5) is 29.8. The Bertz CT molecular complexity index is 567. The second-order valence-corrected chi connectivity index (χ2v) is 5.69. The molecule has 0 spiro atoms. The van der Waals surface area contributed by atoms with Crippen molar-refractivity contribution in [2.45, 2.75) is 44.0 Å². The van der Waals surface area contributed by atoms with Crippen LogP contribution in [0, 0.1) is 6.92 Å². The van der Waals surface area contributed by atoms with E-state index in [9.17, 15) is 18.4 Å². The number of alkyl halides is 2. The van der Waals surface area contributed by atoms with Gasteiger partial charge in [-0.25, -0.2) is 4.98 Å². The lowest BCUT2D eigenvalue weighted by Gasteiger charge is -2.08. The molecule has 0 aromatic carbocycles. The van der Waals surface area contributed by atoms with Crippen LogP contribution in [0.5, 0.6) is 0 Å². The van der Waals surface area contributed by atoms with Crippen molar-refractivity contribution in [3.05, 3.63) is 21.6 Å². The number of aromatic amines is 1. The number of hydrogen-bond acceptors (Lipinski definition) is 5. The Labute approximate surface area is 137 Å². The smallest absolute Gasteiger partial charge is 0.291 e. The normalized spacial score (nSPS) is 11.0. The number of carbonyl (C=O) groups excluding carboxylic acids is 1. The minimum atomic E-state index is -2.65. The Morgan fingerprint density at radius 3 is 2.83 bits per heavy atom. The van der Waals surface area contributed by atoms with Crippen molar-refractivity contribution in [2.75, 3.05) is 19.8 Å². The van der Waals surface area contributed by atoms with Gasteiger partial charge >= 0.3 is 0 Å². The topological polar surface area (TPSA) is 84.1 Å². The standard InChI is InChI=1S/C14H21F2N3O3S/c1-3-22-8-4-7-17-11(20)6-5-10-9(2)18-14(19-12(10)21)23-13(15)16/h13H,3-8H2,1-2H3,(H,17,20)(H,18,19,21). The molecule has 1 heterocycles. The van der Waals surface area contributed by atoms with Gasteiger partial charge in [-0.3, -0.25) is 9.59 Å². The predicted molar refractivity (Wildman–Crippen MR) is 83.9 cm³/mol. The third-order valence-corrected chi connectivity index (χ3v) is 3.59. The van der Waals surface area contributed by atoms with Crippen molar-refractivity contribution in [1.29, 1.82) is 0 Å². The van der Waals surface area contributed by atoms with Crippen LogP contribution in [0.2, 0.25) is 0 Å². The van der Waals surface area contributed by atoms with Crippen LogP contribution in [0.25, 0.3) is 0 Å². The lowest BCUT2D eigenvalue weighted by Crippen LogP contribution is -2.27. The van der Waals surface area contributed by atoms with Crippen molar-refractivity contribution in [1.82, 2.24) is 15.3 Å². The molecular formula is C14H21F2N3O3S. The second kappa shape index (κ2) is 10.3. The molecule has 0 aliphatic heterocycles. The maximum atomic E-state index is 12.3. The molecule has 0 bridgehead atoms. The quantitative estimate of drug-likeness (QED) is 0.383. The Balaban J connectivity index is 2.48. The van der Waals surface area contributed by atoms with Crippen molar-refractivity contribution in [3.8, 4) is 0 Å². The average molecular weight is 349 g/mol. The number of amides is 1. The van der Waals surface area contributed by atoms with Gasteiger partial charge in [0.15, 0.2) is 5.16 Å². The largest absolute Gasteiger partial charge is 0.382 e. The number of thioether (sulfide) groups is 1. The number of aromatic nitrogens is 2. The monoisotopic (exact) mass is 349 g/mol. The Morgan fingerprint density at radius 2 is 2.22 bits per heavy atom. The molecule has 0 saturated heterocycles. The van der Waals surface area contributed by atoms with Crippen LogP contribution in [-0.2, 0) is 16.0 Å². The number of nitrogens with one attached hydrogen (secondary N) is 2. The Morgan fingerprint density at radius 1 is 1.48 bits per heavy atom. The molecule has 23 heavy (non-hydrogen) atoms. The van der Waals surface area contributed by atoms with Gasteiger partial charge in [-0.2, -0.15) is 8.78 Å². The Hall–Kier alpha value is -1.48. The molecule has 0 atom stereocenters. The summed E-state index contributed by atoms with van der Waals surface area (Å²) in [5.41, 5.74) is 0.221. The van der Waals surface area contributed by atoms with E-state index in [0.717, 1.165) is 6.42 Å². The van der Waals surface area contributed by atoms with Gasteiger partial charge in [0.25, 0.3) is 11.3 Å². The molecule has 1 aromatic rings. The number of ether oxygens (including phenoxy) is 1. The van der Waals surface area contributed by atoms with Gasteiger partial charge in [0.05, 0.1) is 0 Å². The minimum absolute atomic E-state index is 0.119. The SMILES string of the molecule is CCOCCCNC(=O)CCc1c(C)nc(SC(F)F)[nH]c1=O. The molecule has 0 unspecified atom stereocenters. The zero-order valence-electron chi connectivity index (χ0n) is 13.2. The molecule has 0 aliphatic carbocycles. The zero-order chi connectivity index (χ0) is 17.2. The number of aryl methyl sites for hydroxylation is 1. The summed E-state index contributed by atoms with van der Waals surface area (Å²) in [6.45, 7) is 5.21. The van der Waals surface area contributed by atoms with Gasteiger partial charge in [-0.15, -0.1) is 0 Å². The fourth-order valence-electron chi connectivity index (χ4n) is 1.89. The summed E-state index contributed by atoms with van der Waals surface area (Å²) >= 11 is 0.186. The molecule has 0 aliphatic rings. The number of rotatable bonds is 10. The molecule has 1 amide bonds. The summed E-state index contributed by atoms with van der Waals surface area (Å²) in [5, 5.41) is 2.61. The first kappa shape index (κ1) is 19.6.